The number of hydrogen-bond acceptors (Lipinski definition) is 9. The molecule has 0 aliphatic rings. The van der Waals surface area contributed by atoms with Crippen LogP contribution in [-0.4, -0.2) is 58.6 Å². The molecule has 3 rings (SSSR count). The van der Waals surface area contributed by atoms with Crippen LogP contribution in [-0.2, 0) is 27.6 Å². The number of amides is 2. The molecule has 3 aromatic rings. The van der Waals surface area contributed by atoms with Gasteiger partial charge < -0.3 is 20.1 Å². The Hall–Kier alpha value is -3.45. The first-order valence-corrected chi connectivity index (χ1v) is 11.3. The van der Waals surface area contributed by atoms with Gasteiger partial charge in [-0.15, -0.1) is 15.0 Å². The lowest BCUT2D eigenvalue weighted by Crippen LogP contribution is -2.30. The van der Waals surface area contributed by atoms with Gasteiger partial charge in [0.15, 0.2) is 10.8 Å². The fourth-order valence-electron chi connectivity index (χ4n) is 2.79. The van der Waals surface area contributed by atoms with Gasteiger partial charge in [0.2, 0.25) is 6.73 Å². The Balaban J connectivity index is 1.62. The summed E-state index contributed by atoms with van der Waals surface area (Å²) in [4.78, 5) is 43.0. The van der Waals surface area contributed by atoms with Gasteiger partial charge in [-0.1, -0.05) is 40.9 Å². The van der Waals surface area contributed by atoms with Crippen molar-refractivity contribution in [1.82, 2.24) is 25.3 Å². The van der Waals surface area contributed by atoms with Gasteiger partial charge in [0.1, 0.15) is 12.4 Å². The summed E-state index contributed by atoms with van der Waals surface area (Å²) in [6.45, 7) is -0.495. The third-order valence-electron chi connectivity index (χ3n) is 4.48. The van der Waals surface area contributed by atoms with E-state index < -0.39 is 24.7 Å². The quantitative estimate of drug-likeness (QED) is 0.379. The van der Waals surface area contributed by atoms with Crippen LogP contribution < -0.4 is 15.5 Å². The van der Waals surface area contributed by atoms with Crippen molar-refractivity contribution in [2.75, 3.05) is 30.9 Å². The zero-order chi connectivity index (χ0) is 26.2. The molecule has 36 heavy (non-hydrogen) atoms. The third kappa shape index (κ3) is 7.04. The van der Waals surface area contributed by atoms with Crippen molar-refractivity contribution in [3.8, 4) is 0 Å². The van der Waals surface area contributed by atoms with Crippen LogP contribution in [0.2, 0.25) is 15.2 Å². The highest BCUT2D eigenvalue weighted by Crippen LogP contribution is 2.26. The standard InChI is InChI=1S/C21H20Cl3N7O5/c1-25-9-16(32)35-10-12-4-3-7-26-19(12)30(2)21(34)36-11-31-28-17(18(24)29-31)20(33)27-15-6-5-13(22)8-14(15)23/h3-8,25H,9-11H2,1-2H3,(H,27,33). The van der Waals surface area contributed by atoms with Gasteiger partial charge in [0.05, 0.1) is 17.3 Å². The van der Waals surface area contributed by atoms with Crippen molar-refractivity contribution in [3.05, 3.63) is 63.0 Å². The SMILES string of the molecule is CNCC(=O)OCc1cccnc1N(C)C(=O)OCn1nc(Cl)c(C(=O)Nc2ccc(Cl)cc2Cl)n1. The van der Waals surface area contributed by atoms with Crippen molar-refractivity contribution in [2.24, 2.45) is 0 Å². The summed E-state index contributed by atoms with van der Waals surface area (Å²) in [5.74, 6) is -0.909. The number of esters is 1. The number of hydrogen-bond donors (Lipinski definition) is 2. The first-order valence-electron chi connectivity index (χ1n) is 10.2. The van der Waals surface area contributed by atoms with Crippen molar-refractivity contribution >= 4 is 64.3 Å². The molecule has 15 heteroatoms. The molecule has 0 aliphatic carbocycles. The Morgan fingerprint density at radius 3 is 2.61 bits per heavy atom. The van der Waals surface area contributed by atoms with Gasteiger partial charge in [-0.25, -0.2) is 9.78 Å². The van der Waals surface area contributed by atoms with Gasteiger partial charge in [-0.2, -0.15) is 0 Å². The second kappa shape index (κ2) is 12.5. The van der Waals surface area contributed by atoms with Crippen molar-refractivity contribution in [2.45, 2.75) is 13.3 Å². The molecule has 0 spiro atoms. The van der Waals surface area contributed by atoms with E-state index in [4.69, 9.17) is 44.3 Å². The van der Waals surface area contributed by atoms with E-state index in [0.717, 1.165) is 9.70 Å². The predicted molar refractivity (Wildman–Crippen MR) is 132 cm³/mol. The number of pyridine rings is 1. The molecule has 2 N–H and O–H groups in total. The molecule has 0 bridgehead atoms. The van der Waals surface area contributed by atoms with E-state index in [2.05, 4.69) is 25.8 Å². The summed E-state index contributed by atoms with van der Waals surface area (Å²) in [7, 11) is 3.05. The Morgan fingerprint density at radius 1 is 1.11 bits per heavy atom. The minimum atomic E-state index is -0.802. The van der Waals surface area contributed by atoms with E-state index in [1.165, 1.54) is 25.4 Å². The second-order valence-corrected chi connectivity index (χ2v) is 8.27. The molecule has 0 aliphatic heterocycles. The minimum absolute atomic E-state index is 0.0413. The predicted octanol–water partition coefficient (Wildman–Crippen LogP) is 3.38. The fraction of sp³-hybridized carbons (Fsp3) is 0.238. The molecule has 0 fully saturated rings. The number of benzene rings is 1. The number of carbonyl (C=O) groups excluding carboxylic acids is 3. The van der Waals surface area contributed by atoms with E-state index in [9.17, 15) is 14.4 Å². The van der Waals surface area contributed by atoms with Crippen LogP contribution in [0.1, 0.15) is 16.1 Å². The van der Waals surface area contributed by atoms with Crippen LogP contribution in [0.25, 0.3) is 0 Å². The number of halogens is 3. The molecule has 0 atom stereocenters. The molecule has 0 unspecified atom stereocenters. The van der Waals surface area contributed by atoms with Gasteiger partial charge in [0.25, 0.3) is 5.91 Å². The highest BCUT2D eigenvalue weighted by molar-refractivity contribution is 6.37. The second-order valence-electron chi connectivity index (χ2n) is 7.07. The third-order valence-corrected chi connectivity index (χ3v) is 5.28. The molecule has 0 saturated heterocycles. The largest absolute Gasteiger partial charge is 0.460 e. The Kier molecular flexibility index (Phi) is 9.42. The fourth-order valence-corrected chi connectivity index (χ4v) is 3.46. The number of nitrogens with one attached hydrogen (secondary N) is 2. The van der Waals surface area contributed by atoms with Crippen molar-refractivity contribution in [3.63, 3.8) is 0 Å². The van der Waals surface area contributed by atoms with Crippen LogP contribution in [0.4, 0.5) is 16.3 Å². The van der Waals surface area contributed by atoms with Crippen molar-refractivity contribution in [1.29, 1.82) is 0 Å². The van der Waals surface area contributed by atoms with Crippen LogP contribution >= 0.6 is 34.8 Å². The number of rotatable bonds is 9. The number of ether oxygens (including phenoxy) is 2. The summed E-state index contributed by atoms with van der Waals surface area (Å²) in [6.07, 6.45) is 0.675. The lowest BCUT2D eigenvalue weighted by molar-refractivity contribution is -0.143. The lowest BCUT2D eigenvalue weighted by Gasteiger charge is -2.18. The van der Waals surface area contributed by atoms with Gasteiger partial charge in [-0.05, 0) is 31.3 Å². The van der Waals surface area contributed by atoms with Gasteiger partial charge in [-0.3, -0.25) is 14.5 Å². The zero-order valence-electron chi connectivity index (χ0n) is 19.0. The molecule has 12 nitrogen and oxygen atoms in total. The summed E-state index contributed by atoms with van der Waals surface area (Å²) < 4.78 is 10.4. The van der Waals surface area contributed by atoms with Gasteiger partial charge >= 0.3 is 12.1 Å². The summed E-state index contributed by atoms with van der Waals surface area (Å²) in [5, 5.41) is 13.5. The van der Waals surface area contributed by atoms with Gasteiger partial charge in [0, 0.05) is 23.8 Å². The van der Waals surface area contributed by atoms with E-state index in [1.807, 2.05) is 0 Å². The normalized spacial score (nSPS) is 10.6. The zero-order valence-corrected chi connectivity index (χ0v) is 21.3. The Labute approximate surface area is 220 Å². The number of aromatic nitrogens is 4. The van der Waals surface area contributed by atoms with E-state index in [0.29, 0.717) is 16.3 Å². The maximum Gasteiger partial charge on any atom is 0.417 e. The first-order chi connectivity index (χ1) is 17.2. The summed E-state index contributed by atoms with van der Waals surface area (Å²) >= 11 is 17.9. The number of nitrogens with zero attached hydrogens (tertiary/aromatic N) is 5. The molecule has 2 amide bonds. The van der Waals surface area contributed by atoms with Crippen LogP contribution in [0.5, 0.6) is 0 Å². The van der Waals surface area contributed by atoms with Crippen LogP contribution in [0.3, 0.4) is 0 Å². The monoisotopic (exact) mass is 555 g/mol. The Bertz CT molecular complexity index is 1270. The molecule has 1 aromatic carbocycles. The highest BCUT2D eigenvalue weighted by Gasteiger charge is 2.21. The smallest absolute Gasteiger partial charge is 0.417 e. The maximum atomic E-state index is 12.6. The number of anilines is 2. The Morgan fingerprint density at radius 2 is 1.89 bits per heavy atom. The molecule has 0 radical (unpaired) electrons. The molecular formula is C21H20Cl3N7O5. The van der Waals surface area contributed by atoms with Crippen molar-refractivity contribution < 1.29 is 23.9 Å². The maximum absolute atomic E-state index is 12.6. The van der Waals surface area contributed by atoms with E-state index in [1.54, 1.807) is 25.2 Å². The number of likely N-dealkylation sites (N-methyl/N-ethyl adjacent to an activating group) is 1. The minimum Gasteiger partial charge on any atom is -0.460 e. The first kappa shape index (κ1) is 27.1. The average molecular weight is 557 g/mol. The molecular weight excluding hydrogens is 537 g/mol. The summed E-state index contributed by atoms with van der Waals surface area (Å²) in [6, 6.07) is 7.84. The topological polar surface area (TPSA) is 141 Å². The highest BCUT2D eigenvalue weighted by atomic mass is 35.5. The van der Waals surface area contributed by atoms with E-state index >= 15 is 0 Å². The lowest BCUT2D eigenvalue weighted by atomic mass is 10.2. The average Bonchev–Trinajstić information content (AvgIpc) is 3.23. The molecule has 2 heterocycles. The van der Waals surface area contributed by atoms with Crippen LogP contribution in [0, 0.1) is 0 Å². The van der Waals surface area contributed by atoms with E-state index in [-0.39, 0.29) is 34.8 Å². The number of carbonyl (C=O) groups is 3. The molecule has 190 valence electrons. The summed E-state index contributed by atoms with van der Waals surface area (Å²) in [5.41, 5.74) is 0.580. The molecule has 2 aromatic heterocycles. The van der Waals surface area contributed by atoms with Crippen LogP contribution in [0.15, 0.2) is 36.5 Å². The molecule has 0 saturated carbocycles.